The molecule has 0 fully saturated rings. The number of carbonyl (C=O) groups is 2. The van der Waals surface area contributed by atoms with Gasteiger partial charge in [-0.25, -0.2) is 18.5 Å². The molecular formula is C14H9BrF2N2O2. The molecule has 0 unspecified atom stereocenters. The molecule has 2 aromatic rings. The van der Waals surface area contributed by atoms with E-state index in [2.05, 4.69) is 15.9 Å². The number of imide groups is 1. The van der Waals surface area contributed by atoms with Crippen molar-refractivity contribution in [3.63, 3.8) is 0 Å². The topological polar surface area (TPSA) is 63.4 Å². The van der Waals surface area contributed by atoms with Gasteiger partial charge in [-0.1, -0.05) is 22.0 Å². The highest BCUT2D eigenvalue weighted by Gasteiger charge is 2.27. The Morgan fingerprint density at radius 3 is 2.00 bits per heavy atom. The Kier molecular flexibility index (Phi) is 4.32. The third kappa shape index (κ3) is 3.08. The van der Waals surface area contributed by atoms with Gasteiger partial charge in [0.25, 0.3) is 5.91 Å². The summed E-state index contributed by atoms with van der Waals surface area (Å²) in [5.74, 6) is -3.30. The van der Waals surface area contributed by atoms with Crippen molar-refractivity contribution in [3.05, 3.63) is 64.1 Å². The molecule has 0 heterocycles. The first kappa shape index (κ1) is 15.1. The van der Waals surface area contributed by atoms with Crippen LogP contribution < -0.4 is 10.6 Å². The second-order valence-corrected chi connectivity index (χ2v) is 4.97. The smallest absolute Gasteiger partial charge is 0.326 e. The van der Waals surface area contributed by atoms with E-state index < -0.39 is 29.1 Å². The van der Waals surface area contributed by atoms with Crippen LogP contribution in [0.25, 0.3) is 0 Å². The highest BCUT2D eigenvalue weighted by atomic mass is 79.9. The average Bonchev–Trinajstić information content (AvgIpc) is 2.40. The molecule has 0 saturated carbocycles. The summed E-state index contributed by atoms with van der Waals surface area (Å²) in [5, 5.41) is 0. The molecule has 0 aliphatic carbocycles. The molecule has 0 aromatic heterocycles. The summed E-state index contributed by atoms with van der Waals surface area (Å²) >= 11 is 3.20. The van der Waals surface area contributed by atoms with Gasteiger partial charge in [0, 0.05) is 4.47 Å². The number of carbonyl (C=O) groups excluding carboxylic acids is 2. The van der Waals surface area contributed by atoms with Gasteiger partial charge in [0.2, 0.25) is 0 Å². The van der Waals surface area contributed by atoms with Crippen molar-refractivity contribution in [2.75, 3.05) is 4.90 Å². The first-order chi connectivity index (χ1) is 9.91. The Hall–Kier alpha value is -2.28. The van der Waals surface area contributed by atoms with Gasteiger partial charge in [-0.05, 0) is 36.4 Å². The third-order valence-corrected chi connectivity index (χ3v) is 3.21. The highest BCUT2D eigenvalue weighted by molar-refractivity contribution is 9.10. The highest BCUT2D eigenvalue weighted by Crippen LogP contribution is 2.22. The fourth-order valence-corrected chi connectivity index (χ4v) is 2.01. The zero-order valence-corrected chi connectivity index (χ0v) is 12.1. The van der Waals surface area contributed by atoms with Crippen molar-refractivity contribution in [2.24, 2.45) is 5.73 Å². The van der Waals surface area contributed by atoms with Crippen LogP contribution in [0.5, 0.6) is 0 Å². The molecule has 2 rings (SSSR count). The molecule has 108 valence electrons. The number of nitrogens with two attached hydrogens (primary N) is 1. The molecule has 2 aromatic carbocycles. The first-order valence-corrected chi connectivity index (χ1v) is 6.54. The van der Waals surface area contributed by atoms with Crippen molar-refractivity contribution in [3.8, 4) is 0 Å². The number of urea groups is 1. The fourth-order valence-electron chi connectivity index (χ4n) is 1.75. The van der Waals surface area contributed by atoms with Gasteiger partial charge in [0.15, 0.2) is 0 Å². The zero-order valence-electron chi connectivity index (χ0n) is 10.5. The van der Waals surface area contributed by atoms with E-state index in [9.17, 15) is 18.4 Å². The number of benzene rings is 2. The number of nitrogens with zero attached hydrogens (tertiary/aromatic N) is 1. The maximum Gasteiger partial charge on any atom is 0.326 e. The molecule has 0 radical (unpaired) electrons. The lowest BCUT2D eigenvalue weighted by atomic mass is 10.1. The monoisotopic (exact) mass is 354 g/mol. The van der Waals surface area contributed by atoms with Crippen LogP contribution in [0.1, 0.15) is 10.4 Å². The molecule has 0 bridgehead atoms. The maximum absolute atomic E-state index is 13.7. The number of hydrogen-bond donors (Lipinski definition) is 1. The van der Waals surface area contributed by atoms with E-state index in [1.165, 1.54) is 12.1 Å². The molecule has 4 nitrogen and oxygen atoms in total. The Morgan fingerprint density at radius 2 is 1.52 bits per heavy atom. The maximum atomic E-state index is 13.7. The van der Waals surface area contributed by atoms with Crippen LogP contribution in [-0.4, -0.2) is 11.9 Å². The minimum absolute atomic E-state index is 0.110. The normalized spacial score (nSPS) is 10.2. The first-order valence-electron chi connectivity index (χ1n) is 5.75. The van der Waals surface area contributed by atoms with Gasteiger partial charge in [-0.2, -0.15) is 0 Å². The summed E-state index contributed by atoms with van der Waals surface area (Å²) in [6.07, 6.45) is 0. The van der Waals surface area contributed by atoms with E-state index >= 15 is 0 Å². The Bertz CT molecular complexity index is 684. The number of hydrogen-bond acceptors (Lipinski definition) is 2. The largest absolute Gasteiger partial charge is 0.351 e. The van der Waals surface area contributed by atoms with Gasteiger partial charge in [0.05, 0.1) is 5.69 Å². The van der Waals surface area contributed by atoms with Crippen molar-refractivity contribution >= 4 is 33.6 Å². The number of halogens is 3. The summed E-state index contributed by atoms with van der Waals surface area (Å²) in [7, 11) is 0. The van der Waals surface area contributed by atoms with Crippen molar-refractivity contribution in [1.29, 1.82) is 0 Å². The lowest BCUT2D eigenvalue weighted by Crippen LogP contribution is -2.41. The molecule has 0 aliphatic heterocycles. The summed E-state index contributed by atoms with van der Waals surface area (Å²) in [4.78, 5) is 24.2. The Balaban J connectivity index is 2.51. The molecule has 0 aliphatic rings. The van der Waals surface area contributed by atoms with Crippen molar-refractivity contribution in [2.45, 2.75) is 0 Å². The van der Waals surface area contributed by atoms with Gasteiger partial charge < -0.3 is 5.73 Å². The predicted octanol–water partition coefficient (Wildman–Crippen LogP) is 3.45. The minimum atomic E-state index is -1.17. The average molecular weight is 355 g/mol. The van der Waals surface area contributed by atoms with E-state index in [1.54, 1.807) is 12.1 Å². The molecule has 7 heteroatoms. The van der Waals surface area contributed by atoms with Crippen LogP contribution >= 0.6 is 15.9 Å². The molecule has 21 heavy (non-hydrogen) atoms. The van der Waals surface area contributed by atoms with E-state index in [-0.39, 0.29) is 5.69 Å². The van der Waals surface area contributed by atoms with Crippen molar-refractivity contribution < 1.29 is 18.4 Å². The summed E-state index contributed by atoms with van der Waals surface area (Å²) in [6, 6.07) is 7.82. The fraction of sp³-hybridized carbons (Fsp3) is 0. The van der Waals surface area contributed by atoms with Crippen LogP contribution in [0.2, 0.25) is 0 Å². The van der Waals surface area contributed by atoms with E-state index in [1.807, 2.05) is 0 Å². The quantitative estimate of drug-likeness (QED) is 0.897. The van der Waals surface area contributed by atoms with Gasteiger partial charge in [-0.3, -0.25) is 4.79 Å². The molecule has 0 atom stereocenters. The summed E-state index contributed by atoms with van der Waals surface area (Å²) in [6.45, 7) is 0. The van der Waals surface area contributed by atoms with E-state index in [4.69, 9.17) is 5.73 Å². The number of primary amides is 1. The van der Waals surface area contributed by atoms with E-state index in [0.29, 0.717) is 9.37 Å². The van der Waals surface area contributed by atoms with Crippen LogP contribution in [0.15, 0.2) is 46.9 Å². The molecular weight excluding hydrogens is 346 g/mol. The lowest BCUT2D eigenvalue weighted by Gasteiger charge is -2.19. The second kappa shape index (κ2) is 6.01. The number of amides is 3. The lowest BCUT2D eigenvalue weighted by molar-refractivity contribution is 0.0987. The van der Waals surface area contributed by atoms with Crippen LogP contribution in [0.4, 0.5) is 19.3 Å². The van der Waals surface area contributed by atoms with Crippen LogP contribution in [-0.2, 0) is 0 Å². The van der Waals surface area contributed by atoms with Crippen molar-refractivity contribution in [1.82, 2.24) is 0 Å². The zero-order chi connectivity index (χ0) is 15.6. The van der Waals surface area contributed by atoms with Gasteiger partial charge in [0.1, 0.15) is 17.2 Å². The Morgan fingerprint density at radius 1 is 1.00 bits per heavy atom. The number of anilines is 1. The number of rotatable bonds is 2. The minimum Gasteiger partial charge on any atom is -0.351 e. The standard InChI is InChI=1S/C14H9BrF2N2O2/c15-8-4-6-9(7-5-8)19(14(18)21)13(20)12-10(16)2-1-3-11(12)17/h1-7H,(H2,18,21). The van der Waals surface area contributed by atoms with Crippen LogP contribution in [0.3, 0.4) is 0 Å². The summed E-state index contributed by atoms with van der Waals surface area (Å²) in [5.41, 5.74) is 4.43. The molecule has 0 spiro atoms. The third-order valence-electron chi connectivity index (χ3n) is 2.68. The SMILES string of the molecule is NC(=O)N(C(=O)c1c(F)cccc1F)c1ccc(Br)cc1. The van der Waals surface area contributed by atoms with E-state index in [0.717, 1.165) is 18.2 Å². The summed E-state index contributed by atoms with van der Waals surface area (Å²) < 4.78 is 28.0. The van der Waals surface area contributed by atoms with Gasteiger partial charge >= 0.3 is 6.03 Å². The molecule has 0 saturated heterocycles. The molecule has 3 amide bonds. The molecule has 2 N–H and O–H groups in total. The predicted molar refractivity (Wildman–Crippen MR) is 76.9 cm³/mol. The van der Waals surface area contributed by atoms with Crippen LogP contribution in [0, 0.1) is 11.6 Å². The Labute approximate surface area is 127 Å². The second-order valence-electron chi connectivity index (χ2n) is 4.05. The van der Waals surface area contributed by atoms with Gasteiger partial charge in [-0.15, -0.1) is 0 Å².